The Balaban J connectivity index is 1.60. The molecule has 2 aromatic rings. The van der Waals surface area contributed by atoms with E-state index in [1.165, 1.54) is 44.1 Å². The molecule has 0 atom stereocenters. The number of rotatable bonds is 4. The van der Waals surface area contributed by atoms with Crippen molar-refractivity contribution < 1.29 is 4.42 Å². The molecule has 1 N–H and O–H groups in total. The molecule has 1 aliphatic carbocycles. The third kappa shape index (κ3) is 4.47. The predicted molar refractivity (Wildman–Crippen MR) is 99.0 cm³/mol. The zero-order chi connectivity index (χ0) is 17.0. The number of nitrogens with one attached hydrogen (secondary N) is 1. The van der Waals surface area contributed by atoms with Gasteiger partial charge in [-0.25, -0.2) is 4.98 Å². The van der Waals surface area contributed by atoms with Gasteiger partial charge < -0.3 is 9.73 Å². The van der Waals surface area contributed by atoms with Gasteiger partial charge in [-0.2, -0.15) is 0 Å². The normalized spacial score (nSPS) is 17.0. The van der Waals surface area contributed by atoms with Crippen LogP contribution in [0.5, 0.6) is 0 Å². The highest BCUT2D eigenvalue weighted by molar-refractivity contribution is 5.54. The average molecular weight is 326 g/mol. The molecule has 0 radical (unpaired) electrons. The average Bonchev–Trinajstić information content (AvgIpc) is 2.88. The van der Waals surface area contributed by atoms with Crippen LogP contribution in [0, 0.1) is 0 Å². The molecule has 1 heterocycles. The molecule has 0 amide bonds. The lowest BCUT2D eigenvalue weighted by Gasteiger charge is -2.18. The first-order valence-electron chi connectivity index (χ1n) is 9.31. The minimum absolute atomic E-state index is 0.170. The molecule has 1 saturated carbocycles. The van der Waals surface area contributed by atoms with E-state index in [2.05, 4.69) is 55.3 Å². The van der Waals surface area contributed by atoms with Gasteiger partial charge in [-0.15, -0.1) is 0 Å². The number of hydrogen-bond acceptors (Lipinski definition) is 3. The Morgan fingerprint density at radius 1 is 1.04 bits per heavy atom. The lowest BCUT2D eigenvalue weighted by Crippen LogP contribution is -2.27. The molecule has 1 aliphatic rings. The minimum Gasteiger partial charge on any atom is -0.444 e. The van der Waals surface area contributed by atoms with Gasteiger partial charge in [-0.1, -0.05) is 58.6 Å². The van der Waals surface area contributed by atoms with Crippen molar-refractivity contribution in [1.82, 2.24) is 10.3 Å². The van der Waals surface area contributed by atoms with Crippen molar-refractivity contribution in [2.75, 3.05) is 0 Å². The second kappa shape index (κ2) is 7.52. The van der Waals surface area contributed by atoms with Crippen molar-refractivity contribution in [3.63, 3.8) is 0 Å². The summed E-state index contributed by atoms with van der Waals surface area (Å²) >= 11 is 0. The van der Waals surface area contributed by atoms with Crippen molar-refractivity contribution >= 4 is 0 Å². The van der Waals surface area contributed by atoms with Gasteiger partial charge in [0.05, 0.1) is 5.69 Å². The van der Waals surface area contributed by atoms with E-state index in [0.29, 0.717) is 11.9 Å². The summed E-state index contributed by atoms with van der Waals surface area (Å²) in [6.45, 7) is 7.48. The number of benzene rings is 1. The second-order valence-corrected chi connectivity index (χ2v) is 8.04. The SMILES string of the molecule is CC(C)(C)c1ccc(-c2nc(CNC3CCCCCC3)co2)cc1. The molecule has 0 spiro atoms. The third-order valence-electron chi connectivity index (χ3n) is 4.98. The third-order valence-corrected chi connectivity index (χ3v) is 4.98. The van der Waals surface area contributed by atoms with Gasteiger partial charge in [0, 0.05) is 18.2 Å². The van der Waals surface area contributed by atoms with Crippen LogP contribution in [0.15, 0.2) is 34.9 Å². The summed E-state index contributed by atoms with van der Waals surface area (Å²) in [6, 6.07) is 9.19. The summed E-state index contributed by atoms with van der Waals surface area (Å²) < 4.78 is 5.69. The van der Waals surface area contributed by atoms with Crippen LogP contribution in [-0.4, -0.2) is 11.0 Å². The molecule has 3 rings (SSSR count). The van der Waals surface area contributed by atoms with Crippen LogP contribution >= 0.6 is 0 Å². The maximum absolute atomic E-state index is 5.69. The molecule has 0 aliphatic heterocycles. The first-order valence-corrected chi connectivity index (χ1v) is 9.31. The molecule has 1 aromatic carbocycles. The van der Waals surface area contributed by atoms with Crippen LogP contribution < -0.4 is 5.32 Å². The van der Waals surface area contributed by atoms with Crippen molar-refractivity contribution in [2.45, 2.75) is 77.3 Å². The van der Waals surface area contributed by atoms with Crippen LogP contribution in [0.1, 0.15) is 70.6 Å². The zero-order valence-electron chi connectivity index (χ0n) is 15.3. The molecule has 24 heavy (non-hydrogen) atoms. The Morgan fingerprint density at radius 3 is 2.33 bits per heavy atom. The summed E-state index contributed by atoms with van der Waals surface area (Å²) in [5, 5.41) is 3.65. The first kappa shape index (κ1) is 17.2. The van der Waals surface area contributed by atoms with Crippen LogP contribution in [0.25, 0.3) is 11.5 Å². The van der Waals surface area contributed by atoms with Gasteiger partial charge >= 0.3 is 0 Å². The van der Waals surface area contributed by atoms with Crippen LogP contribution in [0.2, 0.25) is 0 Å². The molecular weight excluding hydrogens is 296 g/mol. The molecule has 1 aromatic heterocycles. The number of aromatic nitrogens is 1. The number of nitrogens with zero attached hydrogens (tertiary/aromatic N) is 1. The maximum Gasteiger partial charge on any atom is 0.226 e. The van der Waals surface area contributed by atoms with E-state index in [1.54, 1.807) is 6.26 Å². The Kier molecular flexibility index (Phi) is 5.40. The first-order chi connectivity index (χ1) is 11.5. The summed E-state index contributed by atoms with van der Waals surface area (Å²) in [6.07, 6.45) is 9.84. The Labute approximate surface area is 145 Å². The van der Waals surface area contributed by atoms with E-state index in [0.717, 1.165) is 17.8 Å². The van der Waals surface area contributed by atoms with Crippen LogP contribution in [0.4, 0.5) is 0 Å². The predicted octanol–water partition coefficient (Wildman–Crippen LogP) is 5.45. The van der Waals surface area contributed by atoms with E-state index in [9.17, 15) is 0 Å². The molecule has 0 unspecified atom stereocenters. The Morgan fingerprint density at radius 2 is 1.71 bits per heavy atom. The molecule has 0 saturated heterocycles. The van der Waals surface area contributed by atoms with E-state index < -0.39 is 0 Å². The maximum atomic E-state index is 5.69. The lowest BCUT2D eigenvalue weighted by molar-refractivity contribution is 0.455. The van der Waals surface area contributed by atoms with Crippen molar-refractivity contribution in [2.24, 2.45) is 0 Å². The van der Waals surface area contributed by atoms with Gasteiger partial charge in [0.2, 0.25) is 5.89 Å². The zero-order valence-corrected chi connectivity index (χ0v) is 15.3. The minimum atomic E-state index is 0.170. The highest BCUT2D eigenvalue weighted by atomic mass is 16.3. The second-order valence-electron chi connectivity index (χ2n) is 8.04. The summed E-state index contributed by atoms with van der Waals surface area (Å²) in [7, 11) is 0. The van der Waals surface area contributed by atoms with Crippen molar-refractivity contribution in [3.8, 4) is 11.5 Å². The molecule has 3 nitrogen and oxygen atoms in total. The van der Waals surface area contributed by atoms with Gasteiger partial charge in [-0.3, -0.25) is 0 Å². The smallest absolute Gasteiger partial charge is 0.226 e. The van der Waals surface area contributed by atoms with Gasteiger partial charge in [0.25, 0.3) is 0 Å². The standard InChI is InChI=1S/C21H30N2O/c1-21(2,3)17-12-10-16(11-13-17)20-23-19(15-24-20)14-22-18-8-6-4-5-7-9-18/h10-13,15,18,22H,4-9,14H2,1-3H3. The highest BCUT2D eigenvalue weighted by Gasteiger charge is 2.15. The van der Waals surface area contributed by atoms with Crippen molar-refractivity contribution in [1.29, 1.82) is 0 Å². The summed E-state index contributed by atoms with van der Waals surface area (Å²) in [5.41, 5.74) is 3.54. The number of hydrogen-bond donors (Lipinski definition) is 1. The molecule has 1 fully saturated rings. The van der Waals surface area contributed by atoms with E-state index in [4.69, 9.17) is 4.42 Å². The molecule has 3 heteroatoms. The summed E-state index contributed by atoms with van der Waals surface area (Å²) in [5.74, 6) is 0.716. The van der Waals surface area contributed by atoms with E-state index in [1.807, 2.05) is 0 Å². The molecule has 0 bridgehead atoms. The molecular formula is C21H30N2O. The van der Waals surface area contributed by atoms with Crippen LogP contribution in [0.3, 0.4) is 0 Å². The Bertz CT molecular complexity index is 629. The lowest BCUT2D eigenvalue weighted by atomic mass is 9.87. The fraction of sp³-hybridized carbons (Fsp3) is 0.571. The molecule has 130 valence electrons. The largest absolute Gasteiger partial charge is 0.444 e. The fourth-order valence-electron chi connectivity index (χ4n) is 3.37. The number of oxazole rings is 1. The van der Waals surface area contributed by atoms with E-state index in [-0.39, 0.29) is 5.41 Å². The van der Waals surface area contributed by atoms with E-state index >= 15 is 0 Å². The highest BCUT2D eigenvalue weighted by Crippen LogP contribution is 2.26. The fourth-order valence-corrected chi connectivity index (χ4v) is 3.37. The van der Waals surface area contributed by atoms with Crippen LogP contribution in [-0.2, 0) is 12.0 Å². The van der Waals surface area contributed by atoms with Gasteiger partial charge in [0.1, 0.15) is 6.26 Å². The topological polar surface area (TPSA) is 38.1 Å². The van der Waals surface area contributed by atoms with Gasteiger partial charge in [-0.05, 0) is 36.0 Å². The monoisotopic (exact) mass is 326 g/mol. The Hall–Kier alpha value is -1.61. The van der Waals surface area contributed by atoms with Gasteiger partial charge in [0.15, 0.2) is 0 Å². The summed E-state index contributed by atoms with van der Waals surface area (Å²) in [4.78, 5) is 4.65. The van der Waals surface area contributed by atoms with Crippen molar-refractivity contribution in [3.05, 3.63) is 41.8 Å². The quantitative estimate of drug-likeness (QED) is 0.759.